The fraction of sp³-hybridized carbons (Fsp3) is 0.231. The Labute approximate surface area is 204 Å². The van der Waals surface area contributed by atoms with Crippen molar-refractivity contribution in [2.45, 2.75) is 39.1 Å². The first-order valence-electron chi connectivity index (χ1n) is 11.0. The third-order valence-electron chi connectivity index (χ3n) is 5.76. The highest BCUT2D eigenvalue weighted by Gasteiger charge is 2.47. The summed E-state index contributed by atoms with van der Waals surface area (Å²) >= 11 is 0. The number of aryl methyl sites for hydroxylation is 1. The topological polar surface area (TPSA) is 92.6 Å². The van der Waals surface area contributed by atoms with E-state index in [9.17, 15) is 27.9 Å². The molecule has 0 spiro atoms. The van der Waals surface area contributed by atoms with Gasteiger partial charge in [0.2, 0.25) is 0 Å². The number of aliphatic hydroxyl groups excluding tert-OH is 1. The van der Waals surface area contributed by atoms with E-state index in [0.29, 0.717) is 11.3 Å². The standard InChI is InChI=1S/C26H22F3N3O4/c1-14(2)16-5-7-18(8-6-16)23(33)21-22(17-9-11-19(12-10-17)36-26(27,28)29)32(25(35)24(21)34)20-13-4-15(3)30-31-20/h4-14,22,33H,1-3H3/t22-/m0/s1. The van der Waals surface area contributed by atoms with E-state index in [1.54, 1.807) is 37.3 Å². The molecule has 0 bridgehead atoms. The monoisotopic (exact) mass is 497 g/mol. The molecule has 0 radical (unpaired) electrons. The number of anilines is 1. The minimum absolute atomic E-state index is 0.0533. The number of alkyl halides is 3. The molecule has 2 aromatic carbocycles. The zero-order valence-corrected chi connectivity index (χ0v) is 19.6. The second-order valence-electron chi connectivity index (χ2n) is 8.60. The van der Waals surface area contributed by atoms with Gasteiger partial charge in [0.05, 0.1) is 17.3 Å². The first-order chi connectivity index (χ1) is 17.0. The molecule has 1 fully saturated rings. The molecule has 1 aliphatic rings. The van der Waals surface area contributed by atoms with Crippen LogP contribution in [0.15, 0.2) is 66.2 Å². The van der Waals surface area contributed by atoms with Crippen LogP contribution in [0.4, 0.5) is 19.0 Å². The van der Waals surface area contributed by atoms with Gasteiger partial charge in [-0.2, -0.15) is 5.10 Å². The minimum atomic E-state index is -4.88. The van der Waals surface area contributed by atoms with E-state index in [0.717, 1.165) is 22.6 Å². The fourth-order valence-electron chi connectivity index (χ4n) is 3.94. The van der Waals surface area contributed by atoms with Crippen molar-refractivity contribution < 1.29 is 32.6 Å². The van der Waals surface area contributed by atoms with Crippen LogP contribution in [0.3, 0.4) is 0 Å². The number of amides is 1. The third kappa shape index (κ3) is 4.93. The number of Topliss-reactive ketones (excluding diaryl/α,β-unsaturated/α-hetero) is 1. The van der Waals surface area contributed by atoms with E-state index < -0.39 is 35.6 Å². The highest BCUT2D eigenvalue weighted by atomic mass is 19.4. The molecule has 2 heterocycles. The predicted molar refractivity (Wildman–Crippen MR) is 125 cm³/mol. The zero-order chi connectivity index (χ0) is 26.2. The third-order valence-corrected chi connectivity index (χ3v) is 5.76. The number of carbonyl (C=O) groups excluding carboxylic acids is 2. The lowest BCUT2D eigenvalue weighted by Crippen LogP contribution is -2.30. The molecule has 1 amide bonds. The lowest BCUT2D eigenvalue weighted by molar-refractivity contribution is -0.274. The van der Waals surface area contributed by atoms with Crippen molar-refractivity contribution >= 4 is 23.3 Å². The van der Waals surface area contributed by atoms with Crippen LogP contribution in [0.25, 0.3) is 5.76 Å². The number of hydrogen-bond donors (Lipinski definition) is 1. The van der Waals surface area contributed by atoms with Gasteiger partial charge in [0.15, 0.2) is 5.82 Å². The van der Waals surface area contributed by atoms with Crippen LogP contribution in [0.2, 0.25) is 0 Å². The van der Waals surface area contributed by atoms with E-state index in [-0.39, 0.29) is 22.9 Å². The number of rotatable bonds is 5. The molecule has 0 saturated carbocycles. The van der Waals surface area contributed by atoms with Crippen molar-refractivity contribution in [3.63, 3.8) is 0 Å². The Morgan fingerprint density at radius 1 is 0.972 bits per heavy atom. The van der Waals surface area contributed by atoms with Crippen LogP contribution in [-0.2, 0) is 9.59 Å². The molecule has 1 aromatic heterocycles. The molecule has 7 nitrogen and oxygen atoms in total. The molecule has 186 valence electrons. The number of ether oxygens (including phenoxy) is 1. The van der Waals surface area contributed by atoms with E-state index in [1.807, 2.05) is 13.8 Å². The summed E-state index contributed by atoms with van der Waals surface area (Å²) in [6.07, 6.45) is -4.88. The maximum absolute atomic E-state index is 13.2. The highest BCUT2D eigenvalue weighted by Crippen LogP contribution is 2.42. The average molecular weight is 497 g/mol. The van der Waals surface area contributed by atoms with Gasteiger partial charge >= 0.3 is 12.3 Å². The molecular weight excluding hydrogens is 475 g/mol. The van der Waals surface area contributed by atoms with Crippen LogP contribution in [0, 0.1) is 6.92 Å². The normalized spacial score (nSPS) is 17.6. The molecule has 10 heteroatoms. The van der Waals surface area contributed by atoms with Gasteiger partial charge in [0.25, 0.3) is 5.78 Å². The predicted octanol–water partition coefficient (Wildman–Crippen LogP) is 5.43. The van der Waals surface area contributed by atoms with Crippen molar-refractivity contribution in [1.29, 1.82) is 0 Å². The summed E-state index contributed by atoms with van der Waals surface area (Å²) in [6, 6.07) is 13.6. The number of benzene rings is 2. The fourth-order valence-corrected chi connectivity index (χ4v) is 3.94. The molecule has 1 atom stereocenters. The largest absolute Gasteiger partial charge is 0.573 e. The van der Waals surface area contributed by atoms with Crippen molar-refractivity contribution in [2.24, 2.45) is 0 Å². The van der Waals surface area contributed by atoms with Gasteiger partial charge in [-0.25, -0.2) is 0 Å². The SMILES string of the molecule is Cc1ccc(N2C(=O)C(=O)C(=C(O)c3ccc(C(C)C)cc3)[C@@H]2c2ccc(OC(F)(F)F)cc2)nn1. The molecular formula is C26H22F3N3O4. The highest BCUT2D eigenvalue weighted by molar-refractivity contribution is 6.51. The summed E-state index contributed by atoms with van der Waals surface area (Å²) in [5.41, 5.74) is 1.95. The van der Waals surface area contributed by atoms with Crippen LogP contribution in [0.5, 0.6) is 5.75 Å². The number of aromatic nitrogens is 2. The first kappa shape index (κ1) is 24.9. The van der Waals surface area contributed by atoms with E-state index in [2.05, 4.69) is 14.9 Å². The zero-order valence-electron chi connectivity index (χ0n) is 19.6. The number of hydrogen-bond acceptors (Lipinski definition) is 6. The van der Waals surface area contributed by atoms with Crippen molar-refractivity contribution in [3.8, 4) is 5.75 Å². The number of aliphatic hydroxyl groups is 1. The van der Waals surface area contributed by atoms with E-state index >= 15 is 0 Å². The molecule has 4 rings (SSSR count). The lowest BCUT2D eigenvalue weighted by Gasteiger charge is -2.24. The first-order valence-corrected chi connectivity index (χ1v) is 11.0. The van der Waals surface area contributed by atoms with Crippen molar-refractivity contribution in [3.05, 3.63) is 88.6 Å². The summed E-state index contributed by atoms with van der Waals surface area (Å²) < 4.78 is 41.8. The van der Waals surface area contributed by atoms with Gasteiger partial charge in [-0.3, -0.25) is 14.5 Å². The molecule has 0 aliphatic carbocycles. The van der Waals surface area contributed by atoms with Gasteiger partial charge in [-0.05, 0) is 48.2 Å². The molecule has 0 unspecified atom stereocenters. The Hall–Kier alpha value is -4.21. The number of halogens is 3. The molecule has 3 aromatic rings. The van der Waals surface area contributed by atoms with E-state index in [1.165, 1.54) is 18.2 Å². The maximum Gasteiger partial charge on any atom is 0.573 e. The Morgan fingerprint density at radius 3 is 2.14 bits per heavy atom. The Kier molecular flexibility index (Phi) is 6.53. The molecule has 1 saturated heterocycles. The summed E-state index contributed by atoms with van der Waals surface area (Å²) in [5.74, 6) is -2.49. The molecule has 36 heavy (non-hydrogen) atoms. The summed E-state index contributed by atoms with van der Waals surface area (Å²) in [7, 11) is 0. The van der Waals surface area contributed by atoms with Gasteiger partial charge < -0.3 is 9.84 Å². The smallest absolute Gasteiger partial charge is 0.507 e. The van der Waals surface area contributed by atoms with Crippen LogP contribution in [-0.4, -0.2) is 33.4 Å². The number of ketones is 1. The second-order valence-corrected chi connectivity index (χ2v) is 8.60. The van der Waals surface area contributed by atoms with Crippen LogP contribution < -0.4 is 9.64 Å². The lowest BCUT2D eigenvalue weighted by atomic mass is 9.94. The van der Waals surface area contributed by atoms with Gasteiger partial charge in [-0.15, -0.1) is 18.3 Å². The van der Waals surface area contributed by atoms with Gasteiger partial charge in [0.1, 0.15) is 11.5 Å². The Balaban J connectivity index is 1.85. The van der Waals surface area contributed by atoms with Gasteiger partial charge in [-0.1, -0.05) is 50.2 Å². The maximum atomic E-state index is 13.2. The summed E-state index contributed by atoms with van der Waals surface area (Å²) in [6.45, 7) is 5.72. The van der Waals surface area contributed by atoms with Crippen molar-refractivity contribution in [1.82, 2.24) is 10.2 Å². The second kappa shape index (κ2) is 9.44. The van der Waals surface area contributed by atoms with Crippen LogP contribution in [0.1, 0.15) is 48.2 Å². The summed E-state index contributed by atoms with van der Waals surface area (Å²) in [5, 5.41) is 19.1. The molecule has 1 aliphatic heterocycles. The van der Waals surface area contributed by atoms with E-state index in [4.69, 9.17) is 0 Å². The minimum Gasteiger partial charge on any atom is -0.507 e. The number of carbonyl (C=O) groups is 2. The Bertz CT molecular complexity index is 1320. The average Bonchev–Trinajstić information content (AvgIpc) is 3.09. The van der Waals surface area contributed by atoms with Crippen LogP contribution >= 0.6 is 0 Å². The Morgan fingerprint density at radius 2 is 1.61 bits per heavy atom. The van der Waals surface area contributed by atoms with Crippen molar-refractivity contribution in [2.75, 3.05) is 4.90 Å². The number of nitrogens with zero attached hydrogens (tertiary/aromatic N) is 3. The van der Waals surface area contributed by atoms with Gasteiger partial charge in [0, 0.05) is 5.56 Å². The quantitative estimate of drug-likeness (QED) is 0.287. The molecule has 1 N–H and O–H groups in total. The summed E-state index contributed by atoms with van der Waals surface area (Å²) in [4.78, 5) is 27.3.